The van der Waals surface area contributed by atoms with Crippen molar-refractivity contribution in [1.29, 1.82) is 0 Å². The number of rotatable bonds is 5. The van der Waals surface area contributed by atoms with Crippen molar-refractivity contribution in [1.82, 2.24) is 10.3 Å². The molecule has 2 nitrogen and oxygen atoms in total. The first-order chi connectivity index (χ1) is 9.08. The van der Waals surface area contributed by atoms with Crippen LogP contribution in [0.15, 0.2) is 23.6 Å². The molecule has 1 heterocycles. The minimum Gasteiger partial charge on any atom is -0.316 e. The maximum absolute atomic E-state index is 6.20. The number of aromatic nitrogens is 1. The highest BCUT2D eigenvalue weighted by atomic mass is 35.5. The van der Waals surface area contributed by atoms with Gasteiger partial charge in [0.25, 0.3) is 0 Å². The molecule has 19 heavy (non-hydrogen) atoms. The number of likely N-dealkylation sites (N-methyl/N-ethyl adjacent to an activating group) is 1. The second-order valence-corrected chi connectivity index (χ2v) is 6.39. The SMILES string of the molecule is CNC(Cc1csc(C)n1)Cc1cc(Cl)ccc1Cl. The Balaban J connectivity index is 2.08. The number of halogens is 2. The molecule has 102 valence electrons. The lowest BCUT2D eigenvalue weighted by atomic mass is 10.0. The molecule has 0 aliphatic heterocycles. The Bertz CT molecular complexity index is 554. The molecule has 0 fully saturated rings. The summed E-state index contributed by atoms with van der Waals surface area (Å²) in [6, 6.07) is 5.89. The van der Waals surface area contributed by atoms with E-state index in [9.17, 15) is 0 Å². The first-order valence-electron chi connectivity index (χ1n) is 6.10. The molecule has 0 aliphatic carbocycles. The highest BCUT2D eigenvalue weighted by Gasteiger charge is 2.12. The minimum atomic E-state index is 0.303. The Morgan fingerprint density at radius 3 is 2.74 bits per heavy atom. The third-order valence-corrected chi connectivity index (χ3v) is 4.43. The summed E-state index contributed by atoms with van der Waals surface area (Å²) in [6.45, 7) is 2.02. The summed E-state index contributed by atoms with van der Waals surface area (Å²) in [4.78, 5) is 4.50. The predicted octanol–water partition coefficient (Wildman–Crippen LogP) is 4.13. The van der Waals surface area contributed by atoms with E-state index in [1.165, 1.54) is 0 Å². The van der Waals surface area contributed by atoms with Gasteiger partial charge in [-0.15, -0.1) is 11.3 Å². The van der Waals surface area contributed by atoms with Crippen molar-refractivity contribution in [2.45, 2.75) is 25.8 Å². The number of hydrogen-bond acceptors (Lipinski definition) is 3. The van der Waals surface area contributed by atoms with Crippen LogP contribution in [0.25, 0.3) is 0 Å². The van der Waals surface area contributed by atoms with Gasteiger partial charge in [-0.25, -0.2) is 4.98 Å². The van der Waals surface area contributed by atoms with Crippen molar-refractivity contribution in [3.8, 4) is 0 Å². The standard InChI is InChI=1S/C14H16Cl2N2S/c1-9-18-13(8-19-9)7-12(17-2)6-10-5-11(15)3-4-14(10)16/h3-5,8,12,17H,6-7H2,1-2H3. The topological polar surface area (TPSA) is 24.9 Å². The van der Waals surface area contributed by atoms with Crippen molar-refractivity contribution in [2.75, 3.05) is 7.05 Å². The Hall–Kier alpha value is -0.610. The maximum atomic E-state index is 6.20. The van der Waals surface area contributed by atoms with Crippen LogP contribution >= 0.6 is 34.5 Å². The summed E-state index contributed by atoms with van der Waals surface area (Å²) < 4.78 is 0. The number of benzene rings is 1. The van der Waals surface area contributed by atoms with Gasteiger partial charge in [0.15, 0.2) is 0 Å². The molecular formula is C14H16Cl2N2S. The molecule has 2 aromatic rings. The van der Waals surface area contributed by atoms with Crippen LogP contribution in [0.5, 0.6) is 0 Å². The molecule has 1 atom stereocenters. The van der Waals surface area contributed by atoms with Gasteiger partial charge >= 0.3 is 0 Å². The number of aryl methyl sites for hydroxylation is 1. The van der Waals surface area contributed by atoms with E-state index in [1.807, 2.05) is 32.2 Å². The molecule has 1 aromatic heterocycles. The normalized spacial score (nSPS) is 12.6. The van der Waals surface area contributed by atoms with Gasteiger partial charge in [0, 0.05) is 27.9 Å². The Kier molecular flexibility index (Phi) is 5.22. The van der Waals surface area contributed by atoms with Crippen LogP contribution in [-0.2, 0) is 12.8 Å². The van der Waals surface area contributed by atoms with E-state index in [4.69, 9.17) is 23.2 Å². The molecule has 0 saturated carbocycles. The van der Waals surface area contributed by atoms with Gasteiger partial charge in [-0.1, -0.05) is 23.2 Å². The summed E-state index contributed by atoms with van der Waals surface area (Å²) in [5.74, 6) is 0. The molecule has 1 aromatic carbocycles. The third kappa shape index (κ3) is 4.18. The van der Waals surface area contributed by atoms with Gasteiger partial charge < -0.3 is 5.32 Å². The summed E-state index contributed by atoms with van der Waals surface area (Å²) in [5, 5.41) is 8.01. The lowest BCUT2D eigenvalue weighted by Gasteiger charge is -2.16. The zero-order valence-corrected chi connectivity index (χ0v) is 13.2. The highest BCUT2D eigenvalue weighted by Crippen LogP contribution is 2.22. The van der Waals surface area contributed by atoms with E-state index >= 15 is 0 Å². The van der Waals surface area contributed by atoms with E-state index in [-0.39, 0.29) is 0 Å². The van der Waals surface area contributed by atoms with Gasteiger partial charge in [-0.3, -0.25) is 0 Å². The van der Waals surface area contributed by atoms with Crippen molar-refractivity contribution in [2.24, 2.45) is 0 Å². The molecule has 0 radical (unpaired) electrons. The quantitative estimate of drug-likeness (QED) is 0.897. The van der Waals surface area contributed by atoms with Gasteiger partial charge in [-0.05, 0) is 44.2 Å². The van der Waals surface area contributed by atoms with Crippen LogP contribution in [0.4, 0.5) is 0 Å². The largest absolute Gasteiger partial charge is 0.316 e. The zero-order valence-electron chi connectivity index (χ0n) is 10.9. The number of nitrogens with one attached hydrogen (secondary N) is 1. The molecule has 1 unspecified atom stereocenters. The Morgan fingerprint density at radius 2 is 2.11 bits per heavy atom. The monoisotopic (exact) mass is 314 g/mol. The van der Waals surface area contributed by atoms with Gasteiger partial charge in [0.2, 0.25) is 0 Å². The van der Waals surface area contributed by atoms with E-state index in [1.54, 1.807) is 11.3 Å². The molecule has 0 bridgehead atoms. The fourth-order valence-electron chi connectivity index (χ4n) is 2.00. The predicted molar refractivity (Wildman–Crippen MR) is 83.6 cm³/mol. The van der Waals surface area contributed by atoms with Crippen molar-refractivity contribution in [3.63, 3.8) is 0 Å². The fraction of sp³-hybridized carbons (Fsp3) is 0.357. The second-order valence-electron chi connectivity index (χ2n) is 4.49. The molecular weight excluding hydrogens is 299 g/mol. The minimum absolute atomic E-state index is 0.303. The lowest BCUT2D eigenvalue weighted by molar-refractivity contribution is 0.551. The van der Waals surface area contributed by atoms with Crippen LogP contribution in [0.2, 0.25) is 10.0 Å². The van der Waals surface area contributed by atoms with Gasteiger partial charge in [-0.2, -0.15) is 0 Å². The summed E-state index contributed by atoms with van der Waals surface area (Å²) >= 11 is 13.9. The van der Waals surface area contributed by atoms with Gasteiger partial charge in [0.05, 0.1) is 10.7 Å². The van der Waals surface area contributed by atoms with Crippen LogP contribution < -0.4 is 5.32 Å². The highest BCUT2D eigenvalue weighted by molar-refractivity contribution is 7.09. The van der Waals surface area contributed by atoms with E-state index < -0.39 is 0 Å². The van der Waals surface area contributed by atoms with Crippen LogP contribution in [0, 0.1) is 6.92 Å². The smallest absolute Gasteiger partial charge is 0.0897 e. The summed E-state index contributed by atoms with van der Waals surface area (Å²) in [7, 11) is 1.96. The van der Waals surface area contributed by atoms with Crippen molar-refractivity contribution >= 4 is 34.5 Å². The molecule has 1 N–H and O–H groups in total. The molecule has 0 aliphatic rings. The van der Waals surface area contributed by atoms with E-state index in [0.717, 1.165) is 39.2 Å². The van der Waals surface area contributed by atoms with Crippen molar-refractivity contribution in [3.05, 3.63) is 49.9 Å². The number of thiazole rings is 1. The average molecular weight is 315 g/mol. The molecule has 5 heteroatoms. The number of hydrogen-bond donors (Lipinski definition) is 1. The fourth-order valence-corrected chi connectivity index (χ4v) is 3.01. The summed E-state index contributed by atoms with van der Waals surface area (Å²) in [5.41, 5.74) is 2.19. The molecule has 0 amide bonds. The Morgan fingerprint density at radius 1 is 1.32 bits per heavy atom. The Labute approximate surface area is 127 Å². The van der Waals surface area contributed by atoms with Crippen LogP contribution in [-0.4, -0.2) is 18.1 Å². The van der Waals surface area contributed by atoms with Crippen LogP contribution in [0.1, 0.15) is 16.3 Å². The molecule has 2 rings (SSSR count). The zero-order chi connectivity index (χ0) is 13.8. The first kappa shape index (κ1) is 14.8. The summed E-state index contributed by atoms with van der Waals surface area (Å²) in [6.07, 6.45) is 1.73. The van der Waals surface area contributed by atoms with Gasteiger partial charge in [0.1, 0.15) is 0 Å². The number of nitrogens with zero attached hydrogens (tertiary/aromatic N) is 1. The van der Waals surface area contributed by atoms with Crippen molar-refractivity contribution < 1.29 is 0 Å². The average Bonchev–Trinajstić information content (AvgIpc) is 2.78. The second kappa shape index (κ2) is 6.71. The molecule has 0 spiro atoms. The lowest BCUT2D eigenvalue weighted by Crippen LogP contribution is -2.30. The third-order valence-electron chi connectivity index (χ3n) is 3.00. The van der Waals surface area contributed by atoms with E-state index in [2.05, 4.69) is 15.7 Å². The maximum Gasteiger partial charge on any atom is 0.0897 e. The molecule has 0 saturated heterocycles. The van der Waals surface area contributed by atoms with Crippen LogP contribution in [0.3, 0.4) is 0 Å². The first-order valence-corrected chi connectivity index (χ1v) is 7.74. The van der Waals surface area contributed by atoms with E-state index in [0.29, 0.717) is 6.04 Å².